The number of benzene rings is 2. The molecular formula is C17H17BrClNO. The SMILES string of the molecule is Cc1cc(C(=O)N(C)C(C)c2ccccc2Cl)ccc1Br. The van der Waals surface area contributed by atoms with Crippen LogP contribution in [0, 0.1) is 6.92 Å². The fourth-order valence-electron chi connectivity index (χ4n) is 2.18. The highest BCUT2D eigenvalue weighted by molar-refractivity contribution is 9.10. The fraction of sp³-hybridized carbons (Fsp3) is 0.235. The molecule has 0 radical (unpaired) electrons. The number of carbonyl (C=O) groups is 1. The maximum atomic E-state index is 12.6. The summed E-state index contributed by atoms with van der Waals surface area (Å²) in [4.78, 5) is 14.3. The van der Waals surface area contributed by atoms with Crippen LogP contribution in [0.25, 0.3) is 0 Å². The van der Waals surface area contributed by atoms with Gasteiger partial charge in [0.25, 0.3) is 5.91 Å². The molecule has 110 valence electrons. The highest BCUT2D eigenvalue weighted by Crippen LogP contribution is 2.27. The molecule has 0 N–H and O–H groups in total. The first-order valence-electron chi connectivity index (χ1n) is 6.69. The van der Waals surface area contributed by atoms with Crippen molar-refractivity contribution in [2.75, 3.05) is 7.05 Å². The Morgan fingerprint density at radius 1 is 1.24 bits per heavy atom. The highest BCUT2D eigenvalue weighted by Gasteiger charge is 2.20. The van der Waals surface area contributed by atoms with E-state index in [1.54, 1.807) is 11.9 Å². The number of halogens is 2. The van der Waals surface area contributed by atoms with Gasteiger partial charge in [-0.15, -0.1) is 0 Å². The Hall–Kier alpha value is -1.32. The molecule has 0 aliphatic rings. The maximum absolute atomic E-state index is 12.6. The molecule has 0 aromatic heterocycles. The average Bonchev–Trinajstić information content (AvgIpc) is 2.48. The van der Waals surface area contributed by atoms with Gasteiger partial charge in [-0.3, -0.25) is 4.79 Å². The zero-order valence-corrected chi connectivity index (χ0v) is 14.6. The first-order valence-corrected chi connectivity index (χ1v) is 7.86. The van der Waals surface area contributed by atoms with Crippen molar-refractivity contribution in [3.8, 4) is 0 Å². The van der Waals surface area contributed by atoms with Gasteiger partial charge in [0.05, 0.1) is 6.04 Å². The second kappa shape index (κ2) is 6.63. The van der Waals surface area contributed by atoms with Gasteiger partial charge in [-0.05, 0) is 49.2 Å². The van der Waals surface area contributed by atoms with Gasteiger partial charge in [0.2, 0.25) is 0 Å². The second-order valence-corrected chi connectivity index (χ2v) is 6.34. The number of carbonyl (C=O) groups excluding carboxylic acids is 1. The normalized spacial score (nSPS) is 12.0. The number of nitrogens with zero attached hydrogens (tertiary/aromatic N) is 1. The zero-order chi connectivity index (χ0) is 15.6. The van der Waals surface area contributed by atoms with Crippen molar-refractivity contribution in [2.45, 2.75) is 19.9 Å². The topological polar surface area (TPSA) is 20.3 Å². The lowest BCUT2D eigenvalue weighted by atomic mass is 10.1. The summed E-state index contributed by atoms with van der Waals surface area (Å²) in [6.45, 7) is 3.95. The fourth-order valence-corrected chi connectivity index (χ4v) is 2.72. The molecule has 0 saturated heterocycles. The molecule has 4 heteroatoms. The smallest absolute Gasteiger partial charge is 0.254 e. The minimum atomic E-state index is -0.0878. The van der Waals surface area contributed by atoms with E-state index in [0.29, 0.717) is 10.6 Å². The van der Waals surface area contributed by atoms with Crippen molar-refractivity contribution in [2.24, 2.45) is 0 Å². The lowest BCUT2D eigenvalue weighted by molar-refractivity contribution is 0.0742. The molecule has 2 rings (SSSR count). The molecule has 1 amide bonds. The predicted octanol–water partition coefficient (Wildman–Crippen LogP) is 5.24. The third kappa shape index (κ3) is 3.47. The summed E-state index contributed by atoms with van der Waals surface area (Å²) in [7, 11) is 1.80. The highest BCUT2D eigenvalue weighted by atomic mass is 79.9. The van der Waals surface area contributed by atoms with Crippen molar-refractivity contribution in [1.29, 1.82) is 0 Å². The monoisotopic (exact) mass is 365 g/mol. The van der Waals surface area contributed by atoms with Crippen LogP contribution in [0.5, 0.6) is 0 Å². The Labute approximate surface area is 138 Å². The van der Waals surface area contributed by atoms with Crippen molar-refractivity contribution in [3.05, 3.63) is 68.7 Å². The Morgan fingerprint density at radius 3 is 2.52 bits per heavy atom. The summed E-state index contributed by atoms with van der Waals surface area (Å²) in [5, 5.41) is 0.677. The number of rotatable bonds is 3. The van der Waals surface area contributed by atoms with Crippen molar-refractivity contribution in [3.63, 3.8) is 0 Å². The van der Waals surface area contributed by atoms with E-state index in [1.165, 1.54) is 0 Å². The first kappa shape index (κ1) is 16.1. The molecule has 1 unspecified atom stereocenters. The Kier molecular flexibility index (Phi) is 5.07. The Morgan fingerprint density at radius 2 is 1.90 bits per heavy atom. The van der Waals surface area contributed by atoms with Gasteiger partial charge in [-0.2, -0.15) is 0 Å². The molecule has 1 atom stereocenters. The van der Waals surface area contributed by atoms with Crippen LogP contribution in [0.2, 0.25) is 5.02 Å². The quantitative estimate of drug-likeness (QED) is 0.727. The van der Waals surface area contributed by atoms with Gasteiger partial charge < -0.3 is 4.90 Å². The molecule has 2 nitrogen and oxygen atoms in total. The minimum absolute atomic E-state index is 0.0157. The second-order valence-electron chi connectivity index (χ2n) is 5.08. The van der Waals surface area contributed by atoms with Crippen LogP contribution in [-0.4, -0.2) is 17.9 Å². The van der Waals surface area contributed by atoms with Gasteiger partial charge in [0, 0.05) is 22.1 Å². The first-order chi connectivity index (χ1) is 9.91. The van der Waals surface area contributed by atoms with Crippen LogP contribution in [0.15, 0.2) is 46.9 Å². The van der Waals surface area contributed by atoms with Gasteiger partial charge in [0.1, 0.15) is 0 Å². The zero-order valence-electron chi connectivity index (χ0n) is 12.2. The Balaban J connectivity index is 2.26. The van der Waals surface area contributed by atoms with Crippen LogP contribution >= 0.6 is 27.5 Å². The van der Waals surface area contributed by atoms with E-state index < -0.39 is 0 Å². The van der Waals surface area contributed by atoms with Crippen molar-refractivity contribution >= 4 is 33.4 Å². The maximum Gasteiger partial charge on any atom is 0.254 e. The molecular weight excluding hydrogens is 350 g/mol. The van der Waals surface area contributed by atoms with Gasteiger partial charge in [-0.1, -0.05) is 45.7 Å². The van der Waals surface area contributed by atoms with Gasteiger partial charge in [-0.25, -0.2) is 0 Å². The lowest BCUT2D eigenvalue weighted by Crippen LogP contribution is -2.29. The molecule has 0 aliphatic carbocycles. The molecule has 2 aromatic rings. The van der Waals surface area contributed by atoms with Crippen LogP contribution < -0.4 is 0 Å². The molecule has 0 bridgehead atoms. The molecule has 0 aliphatic heterocycles. The summed E-state index contributed by atoms with van der Waals surface area (Å²) >= 11 is 9.66. The molecule has 0 fully saturated rings. The van der Waals surface area contributed by atoms with Gasteiger partial charge >= 0.3 is 0 Å². The molecule has 0 heterocycles. The summed E-state index contributed by atoms with van der Waals surface area (Å²) in [6.07, 6.45) is 0. The third-order valence-corrected chi connectivity index (χ3v) is 4.90. The van der Waals surface area contributed by atoms with E-state index in [2.05, 4.69) is 15.9 Å². The van der Waals surface area contributed by atoms with Crippen LogP contribution in [0.1, 0.15) is 34.5 Å². The molecule has 21 heavy (non-hydrogen) atoms. The van der Waals surface area contributed by atoms with E-state index in [-0.39, 0.29) is 11.9 Å². The van der Waals surface area contributed by atoms with Gasteiger partial charge in [0.15, 0.2) is 0 Å². The summed E-state index contributed by atoms with van der Waals surface area (Å²) in [6, 6.07) is 13.1. The lowest BCUT2D eigenvalue weighted by Gasteiger charge is -2.26. The third-order valence-electron chi connectivity index (χ3n) is 3.66. The standard InChI is InChI=1S/C17H17BrClNO/c1-11-10-13(8-9-15(11)18)17(21)20(3)12(2)14-6-4-5-7-16(14)19/h4-10,12H,1-3H3. The van der Waals surface area contributed by atoms with Crippen LogP contribution in [0.3, 0.4) is 0 Å². The van der Waals surface area contributed by atoms with E-state index in [9.17, 15) is 4.79 Å². The minimum Gasteiger partial charge on any atom is -0.335 e. The number of aryl methyl sites for hydroxylation is 1. The molecule has 2 aromatic carbocycles. The molecule has 0 saturated carbocycles. The number of hydrogen-bond acceptors (Lipinski definition) is 1. The summed E-state index contributed by atoms with van der Waals surface area (Å²) < 4.78 is 1.00. The number of amides is 1. The van der Waals surface area contributed by atoms with E-state index >= 15 is 0 Å². The van der Waals surface area contributed by atoms with Crippen LogP contribution in [-0.2, 0) is 0 Å². The largest absolute Gasteiger partial charge is 0.335 e. The van der Waals surface area contributed by atoms with Crippen LogP contribution in [0.4, 0.5) is 0 Å². The predicted molar refractivity (Wildman–Crippen MR) is 90.8 cm³/mol. The van der Waals surface area contributed by atoms with Crippen molar-refractivity contribution in [1.82, 2.24) is 4.90 Å². The average molecular weight is 367 g/mol. The number of hydrogen-bond donors (Lipinski definition) is 0. The summed E-state index contributed by atoms with van der Waals surface area (Å²) in [5.41, 5.74) is 2.67. The summed E-state index contributed by atoms with van der Waals surface area (Å²) in [5.74, 6) is -0.0157. The van der Waals surface area contributed by atoms with E-state index in [1.807, 2.05) is 56.3 Å². The molecule has 0 spiro atoms. The van der Waals surface area contributed by atoms with E-state index in [4.69, 9.17) is 11.6 Å². The van der Waals surface area contributed by atoms with Crippen molar-refractivity contribution < 1.29 is 4.79 Å². The van der Waals surface area contributed by atoms with E-state index in [0.717, 1.165) is 15.6 Å². The Bertz CT molecular complexity index is 672.